The second-order valence-corrected chi connectivity index (χ2v) is 6.85. The van der Waals surface area contributed by atoms with Gasteiger partial charge >= 0.3 is 0 Å². The maximum absolute atomic E-state index is 12.5. The molecule has 1 heterocycles. The molecule has 0 atom stereocenters. The van der Waals surface area contributed by atoms with Crippen LogP contribution in [-0.4, -0.2) is 38.0 Å². The van der Waals surface area contributed by atoms with Gasteiger partial charge in [-0.15, -0.1) is 0 Å². The molecular formula is C15H20N2O4S. The van der Waals surface area contributed by atoms with E-state index in [2.05, 4.69) is 5.32 Å². The van der Waals surface area contributed by atoms with Gasteiger partial charge in [-0.1, -0.05) is 18.2 Å². The monoisotopic (exact) mass is 324 g/mol. The van der Waals surface area contributed by atoms with Gasteiger partial charge in [0.05, 0.1) is 24.3 Å². The third-order valence-corrected chi connectivity index (χ3v) is 5.23. The lowest BCUT2D eigenvalue weighted by Crippen LogP contribution is -2.30. The fraction of sp³-hybridized carbons (Fsp3) is 0.333. The van der Waals surface area contributed by atoms with Gasteiger partial charge in [-0.3, -0.25) is 0 Å². The molecule has 0 saturated carbocycles. The van der Waals surface area contributed by atoms with Crippen LogP contribution in [0.5, 0.6) is 0 Å². The van der Waals surface area contributed by atoms with Crippen LogP contribution in [0.2, 0.25) is 0 Å². The molecule has 0 unspecified atom stereocenters. The Bertz CT molecular complexity index is 683. The molecule has 1 aromatic carbocycles. The summed E-state index contributed by atoms with van der Waals surface area (Å²) in [6, 6.07) is 10.5. The summed E-state index contributed by atoms with van der Waals surface area (Å²) >= 11 is 0. The molecule has 0 aliphatic rings. The fourth-order valence-corrected chi connectivity index (χ4v) is 3.44. The van der Waals surface area contributed by atoms with Gasteiger partial charge in [-0.05, 0) is 23.8 Å². The minimum Gasteiger partial charge on any atom is -0.468 e. The molecule has 0 radical (unpaired) electrons. The summed E-state index contributed by atoms with van der Waals surface area (Å²) in [4.78, 5) is 0.248. The van der Waals surface area contributed by atoms with Crippen LogP contribution < -0.4 is 5.32 Å². The molecule has 0 bridgehead atoms. The molecule has 6 nitrogen and oxygen atoms in total. The number of aliphatic hydroxyl groups is 1. The van der Waals surface area contributed by atoms with E-state index in [9.17, 15) is 8.42 Å². The van der Waals surface area contributed by atoms with Crippen molar-refractivity contribution in [2.24, 2.45) is 0 Å². The molecule has 0 fully saturated rings. The first kappa shape index (κ1) is 16.7. The van der Waals surface area contributed by atoms with Gasteiger partial charge in [-0.25, -0.2) is 8.42 Å². The van der Waals surface area contributed by atoms with Gasteiger partial charge in [0.1, 0.15) is 5.76 Å². The van der Waals surface area contributed by atoms with Crippen LogP contribution in [0.1, 0.15) is 11.3 Å². The lowest BCUT2D eigenvalue weighted by Gasteiger charge is -2.18. The number of aliphatic hydroxyl groups excluding tert-OH is 1. The molecule has 2 aromatic rings. The highest BCUT2D eigenvalue weighted by Crippen LogP contribution is 2.19. The van der Waals surface area contributed by atoms with E-state index in [0.717, 1.165) is 10.1 Å². The molecule has 7 heteroatoms. The van der Waals surface area contributed by atoms with E-state index in [1.54, 1.807) is 36.6 Å². The van der Waals surface area contributed by atoms with Gasteiger partial charge < -0.3 is 14.8 Å². The Balaban J connectivity index is 2.12. The van der Waals surface area contributed by atoms with Crippen LogP contribution in [0, 0.1) is 0 Å². The van der Waals surface area contributed by atoms with Gasteiger partial charge in [-0.2, -0.15) is 4.31 Å². The first-order valence-corrected chi connectivity index (χ1v) is 8.38. The average molecular weight is 324 g/mol. The van der Waals surface area contributed by atoms with Crippen LogP contribution in [-0.2, 0) is 23.1 Å². The van der Waals surface area contributed by atoms with Crippen molar-refractivity contribution in [3.63, 3.8) is 0 Å². The Morgan fingerprint density at radius 3 is 2.64 bits per heavy atom. The molecule has 0 saturated heterocycles. The number of rotatable bonds is 8. The molecule has 22 heavy (non-hydrogen) atoms. The molecule has 2 N–H and O–H groups in total. The van der Waals surface area contributed by atoms with Crippen LogP contribution in [0.4, 0.5) is 0 Å². The van der Waals surface area contributed by atoms with E-state index in [0.29, 0.717) is 18.7 Å². The van der Waals surface area contributed by atoms with E-state index in [-0.39, 0.29) is 18.0 Å². The standard InChI is InChI=1S/C15H20N2O4S/c1-17(8-9-18)22(19,20)15-7-3-2-5-13(15)11-16-12-14-6-4-10-21-14/h2-7,10,16,18H,8-9,11-12H2,1H3. The number of furan rings is 1. The molecule has 0 aliphatic carbocycles. The zero-order chi connectivity index (χ0) is 16.0. The Kier molecular flexibility index (Phi) is 5.73. The predicted octanol–water partition coefficient (Wildman–Crippen LogP) is 1.18. The highest BCUT2D eigenvalue weighted by molar-refractivity contribution is 7.89. The van der Waals surface area contributed by atoms with Gasteiger partial charge in [0, 0.05) is 20.1 Å². The number of nitrogens with zero attached hydrogens (tertiary/aromatic N) is 1. The summed E-state index contributed by atoms with van der Waals surface area (Å²) in [5, 5.41) is 12.1. The smallest absolute Gasteiger partial charge is 0.243 e. The van der Waals surface area contributed by atoms with E-state index in [4.69, 9.17) is 9.52 Å². The Morgan fingerprint density at radius 1 is 1.18 bits per heavy atom. The van der Waals surface area contributed by atoms with E-state index >= 15 is 0 Å². The van der Waals surface area contributed by atoms with Crippen LogP contribution in [0.15, 0.2) is 52.0 Å². The summed E-state index contributed by atoms with van der Waals surface area (Å²) in [6.07, 6.45) is 1.60. The van der Waals surface area contributed by atoms with Crippen LogP contribution in [0.25, 0.3) is 0 Å². The van der Waals surface area contributed by atoms with Gasteiger partial charge in [0.15, 0.2) is 0 Å². The summed E-state index contributed by atoms with van der Waals surface area (Å²) in [5.41, 5.74) is 0.679. The highest BCUT2D eigenvalue weighted by atomic mass is 32.2. The molecule has 0 amide bonds. The quantitative estimate of drug-likeness (QED) is 0.762. The Labute approximate surface area is 130 Å². The van der Waals surface area contributed by atoms with E-state index in [1.807, 2.05) is 6.07 Å². The lowest BCUT2D eigenvalue weighted by molar-refractivity contribution is 0.266. The normalized spacial score (nSPS) is 12.0. The van der Waals surface area contributed by atoms with Crippen molar-refractivity contribution in [1.82, 2.24) is 9.62 Å². The van der Waals surface area contributed by atoms with Crippen molar-refractivity contribution in [1.29, 1.82) is 0 Å². The zero-order valence-electron chi connectivity index (χ0n) is 12.4. The SMILES string of the molecule is CN(CCO)S(=O)(=O)c1ccccc1CNCc1ccco1. The van der Waals surface area contributed by atoms with Gasteiger partial charge in [0.2, 0.25) is 10.0 Å². The molecule has 2 rings (SSSR count). The third kappa shape index (κ3) is 3.95. The highest BCUT2D eigenvalue weighted by Gasteiger charge is 2.22. The van der Waals surface area contributed by atoms with Crippen molar-refractivity contribution < 1.29 is 17.9 Å². The van der Waals surface area contributed by atoms with E-state index in [1.165, 1.54) is 7.05 Å². The summed E-state index contributed by atoms with van der Waals surface area (Å²) in [6.45, 7) is 0.780. The maximum Gasteiger partial charge on any atom is 0.243 e. The molecule has 120 valence electrons. The molecule has 0 aliphatic heterocycles. The summed E-state index contributed by atoms with van der Waals surface area (Å²) in [7, 11) is -2.15. The van der Waals surface area contributed by atoms with E-state index < -0.39 is 10.0 Å². The predicted molar refractivity (Wildman–Crippen MR) is 82.6 cm³/mol. The fourth-order valence-electron chi connectivity index (χ4n) is 2.06. The Hall–Kier alpha value is -1.67. The average Bonchev–Trinajstić information content (AvgIpc) is 3.01. The topological polar surface area (TPSA) is 82.8 Å². The zero-order valence-corrected chi connectivity index (χ0v) is 13.2. The minimum absolute atomic E-state index is 0.0660. The molecule has 1 aromatic heterocycles. The summed E-state index contributed by atoms with van der Waals surface area (Å²) < 4.78 is 31.4. The first-order chi connectivity index (χ1) is 10.6. The van der Waals surface area contributed by atoms with Crippen molar-refractivity contribution >= 4 is 10.0 Å². The number of nitrogens with one attached hydrogen (secondary N) is 1. The van der Waals surface area contributed by atoms with Crippen molar-refractivity contribution in [2.75, 3.05) is 20.2 Å². The molecule has 0 spiro atoms. The summed E-state index contributed by atoms with van der Waals surface area (Å²) in [5.74, 6) is 0.790. The van der Waals surface area contributed by atoms with Crippen LogP contribution >= 0.6 is 0 Å². The van der Waals surface area contributed by atoms with Crippen molar-refractivity contribution in [3.8, 4) is 0 Å². The number of hydrogen-bond donors (Lipinski definition) is 2. The number of likely N-dealkylation sites (N-methyl/N-ethyl adjacent to an activating group) is 1. The number of benzene rings is 1. The largest absolute Gasteiger partial charge is 0.468 e. The lowest BCUT2D eigenvalue weighted by atomic mass is 10.2. The number of hydrogen-bond acceptors (Lipinski definition) is 5. The maximum atomic E-state index is 12.5. The first-order valence-electron chi connectivity index (χ1n) is 6.94. The second kappa shape index (κ2) is 7.55. The van der Waals surface area contributed by atoms with Crippen molar-refractivity contribution in [2.45, 2.75) is 18.0 Å². The van der Waals surface area contributed by atoms with Crippen molar-refractivity contribution in [3.05, 3.63) is 54.0 Å². The molecular weight excluding hydrogens is 304 g/mol. The van der Waals surface area contributed by atoms with Gasteiger partial charge in [0.25, 0.3) is 0 Å². The minimum atomic E-state index is -3.61. The number of sulfonamides is 1. The third-order valence-electron chi connectivity index (χ3n) is 3.27. The van der Waals surface area contributed by atoms with Crippen LogP contribution in [0.3, 0.4) is 0 Å². The Morgan fingerprint density at radius 2 is 1.95 bits per heavy atom. The second-order valence-electron chi connectivity index (χ2n) is 4.84.